The Hall–Kier alpha value is 5.58. The van der Waals surface area contributed by atoms with Crippen LogP contribution >= 0.6 is 17.7 Å². The van der Waals surface area contributed by atoms with Crippen LogP contribution in [0.1, 0.15) is 0 Å². The zero-order valence-electron chi connectivity index (χ0n) is 2.90. The van der Waals surface area contributed by atoms with Gasteiger partial charge in [0.25, 0.3) is 0 Å². The van der Waals surface area contributed by atoms with Crippen molar-refractivity contribution in [3.8, 4) is 0 Å². The maximum absolute atomic E-state index is 8.88. The van der Waals surface area contributed by atoms with Crippen LogP contribution in [-0.2, 0) is 4.57 Å². The van der Waals surface area contributed by atoms with Gasteiger partial charge in [-0.25, -0.2) is 4.57 Å². The van der Waals surface area contributed by atoms with Crippen LogP contribution < -0.4 is 0 Å². The minimum absolute atomic E-state index is 0. The predicted molar refractivity (Wildman–Crippen MR) is 59.5 cm³/mol. The Kier molecular flexibility index (Phi) is 72.4. The van der Waals surface area contributed by atoms with Gasteiger partial charge in [-0.1, -0.05) is 0 Å². The maximum atomic E-state index is 8.88. The van der Waals surface area contributed by atoms with Crippen molar-refractivity contribution in [1.29, 1.82) is 0 Å². The standard InChI is InChI=1S/4Ca.H3O4P.H3P.8H/c;;;;1-5(2,3)4;;;;;;;;;/h;;;;(H3,1,2,3,4);1H3;;;;;;;;. The Morgan fingerprint density at radius 1 is 0.800 bits per heavy atom. The second kappa shape index (κ2) is 20.1. The van der Waals surface area contributed by atoms with Gasteiger partial charge in [-0.3, -0.25) is 0 Å². The average Bonchev–Trinajstić information content (AvgIpc) is 0.722. The second-order valence-corrected chi connectivity index (χ2v) is 1.54. The summed E-state index contributed by atoms with van der Waals surface area (Å²) in [5.74, 6) is 0. The first-order chi connectivity index (χ1) is 2.00. The molecular weight excluding hydrogens is 286 g/mol. The van der Waals surface area contributed by atoms with Crippen molar-refractivity contribution >= 4 is 169 Å². The molecule has 1 unspecified atom stereocenters. The van der Waals surface area contributed by atoms with Crippen LogP contribution in [0.15, 0.2) is 0 Å². The van der Waals surface area contributed by atoms with E-state index in [-0.39, 0.29) is 161 Å². The Bertz CT molecular complexity index is 61.4. The molecule has 3 N–H and O–H groups in total. The Morgan fingerprint density at radius 2 is 0.800 bits per heavy atom. The van der Waals surface area contributed by atoms with Gasteiger partial charge >= 0.3 is 159 Å². The number of phosphoric acid groups is 1. The first-order valence-corrected chi connectivity index (χ1v) is 2.35. The first kappa shape index (κ1) is 36.1. The van der Waals surface area contributed by atoms with Crippen LogP contribution in [-0.4, -0.2) is 166 Å². The third kappa shape index (κ3) is 69.0. The molecule has 0 radical (unpaired) electrons. The van der Waals surface area contributed by atoms with Gasteiger partial charge < -0.3 is 14.7 Å². The molecule has 0 saturated heterocycles. The van der Waals surface area contributed by atoms with E-state index in [0.29, 0.717) is 0 Å². The second-order valence-electron chi connectivity index (χ2n) is 0.513. The average molecular weight is 300 g/mol. The van der Waals surface area contributed by atoms with Gasteiger partial charge in [0.15, 0.2) is 0 Å². The number of hydrogen-bond donors (Lipinski definition) is 3. The first-order valence-electron chi connectivity index (χ1n) is 0.783. The summed E-state index contributed by atoms with van der Waals surface area (Å²) in [4.78, 5) is 21.6. The molecule has 10 heteroatoms. The predicted octanol–water partition coefficient (Wildman–Crippen LogP) is -4.54. The molecule has 1 atom stereocenters. The topological polar surface area (TPSA) is 77.8 Å². The van der Waals surface area contributed by atoms with Gasteiger partial charge in [0.05, 0.1) is 0 Å². The van der Waals surface area contributed by atoms with Crippen molar-refractivity contribution in [3.05, 3.63) is 0 Å². The van der Waals surface area contributed by atoms with Crippen LogP contribution in [0.2, 0.25) is 0 Å². The molecule has 0 aliphatic carbocycles. The Morgan fingerprint density at radius 3 is 0.800 bits per heavy atom. The fraction of sp³-hybridized carbons (Fsp3) is 0. The molecule has 0 aromatic carbocycles. The molecule has 0 aliphatic heterocycles. The van der Waals surface area contributed by atoms with Gasteiger partial charge in [0.1, 0.15) is 0 Å². The summed E-state index contributed by atoms with van der Waals surface area (Å²) in [5.41, 5.74) is 0. The molecule has 56 valence electrons. The summed E-state index contributed by atoms with van der Waals surface area (Å²) >= 11 is 0. The summed E-state index contributed by atoms with van der Waals surface area (Å²) in [7, 11) is -4.64. The molecule has 0 fully saturated rings. The Balaban J connectivity index is -0.00000000800. The van der Waals surface area contributed by atoms with Crippen LogP contribution in [0.3, 0.4) is 0 Å². The van der Waals surface area contributed by atoms with E-state index in [4.69, 9.17) is 19.2 Å². The van der Waals surface area contributed by atoms with Gasteiger partial charge in [-0.15, -0.1) is 0 Å². The van der Waals surface area contributed by atoms with E-state index in [9.17, 15) is 0 Å². The zero-order valence-corrected chi connectivity index (χ0v) is 5.21. The van der Waals surface area contributed by atoms with Crippen LogP contribution in [0, 0.1) is 0 Å². The van der Waals surface area contributed by atoms with Gasteiger partial charge in [-0.2, -0.15) is 9.90 Å². The van der Waals surface area contributed by atoms with Crippen molar-refractivity contribution in [3.63, 3.8) is 0 Å². The molecule has 0 aliphatic rings. The molecular formula is H14Ca4O4P2. The van der Waals surface area contributed by atoms with Crippen molar-refractivity contribution in [1.82, 2.24) is 0 Å². The number of rotatable bonds is 0. The van der Waals surface area contributed by atoms with E-state index in [0.717, 1.165) is 0 Å². The van der Waals surface area contributed by atoms with E-state index in [1.165, 1.54) is 0 Å². The summed E-state index contributed by atoms with van der Waals surface area (Å²) in [6.45, 7) is 0. The van der Waals surface area contributed by atoms with E-state index >= 15 is 0 Å². The molecule has 0 bridgehead atoms. The summed E-state index contributed by atoms with van der Waals surface area (Å²) in [6.07, 6.45) is 0. The van der Waals surface area contributed by atoms with Crippen LogP contribution in [0.25, 0.3) is 0 Å². The van der Waals surface area contributed by atoms with Crippen molar-refractivity contribution in [2.24, 2.45) is 0 Å². The molecule has 0 amide bonds. The molecule has 4 nitrogen and oxygen atoms in total. The fourth-order valence-electron chi connectivity index (χ4n) is 0. The van der Waals surface area contributed by atoms with Crippen molar-refractivity contribution in [2.45, 2.75) is 0 Å². The summed E-state index contributed by atoms with van der Waals surface area (Å²) < 4.78 is 8.88. The molecule has 0 rings (SSSR count). The monoisotopic (exact) mass is 300 g/mol. The number of hydrogen-bond acceptors (Lipinski definition) is 1. The molecule has 0 heterocycles. The molecule has 10 heavy (non-hydrogen) atoms. The summed E-state index contributed by atoms with van der Waals surface area (Å²) in [6, 6.07) is 0. The van der Waals surface area contributed by atoms with Crippen molar-refractivity contribution in [2.75, 3.05) is 0 Å². The third-order valence-corrected chi connectivity index (χ3v) is 0. The normalized spacial score (nSPS) is 5.90. The molecule has 0 aromatic rings. The zero-order chi connectivity index (χ0) is 4.50. The summed E-state index contributed by atoms with van der Waals surface area (Å²) in [5, 5.41) is 0. The quantitative estimate of drug-likeness (QED) is 0.311. The van der Waals surface area contributed by atoms with Crippen LogP contribution in [0.4, 0.5) is 0 Å². The third-order valence-electron chi connectivity index (χ3n) is 0. The van der Waals surface area contributed by atoms with Gasteiger partial charge in [-0.05, 0) is 0 Å². The van der Waals surface area contributed by atoms with E-state index < -0.39 is 7.82 Å². The Labute approximate surface area is 183 Å². The molecule has 0 spiro atoms. The van der Waals surface area contributed by atoms with E-state index in [2.05, 4.69) is 0 Å². The molecule has 0 aromatic heterocycles. The van der Waals surface area contributed by atoms with E-state index in [1.54, 1.807) is 0 Å². The SMILES string of the molecule is O=P(O)(O)O.P.[CaH2].[CaH2].[CaH2].[CaH2]. The van der Waals surface area contributed by atoms with E-state index in [1.807, 2.05) is 0 Å². The van der Waals surface area contributed by atoms with Gasteiger partial charge in [0.2, 0.25) is 0 Å². The van der Waals surface area contributed by atoms with Crippen molar-refractivity contribution < 1.29 is 19.2 Å². The molecule has 0 saturated carbocycles. The van der Waals surface area contributed by atoms with Crippen LogP contribution in [0.5, 0.6) is 0 Å². The fourth-order valence-corrected chi connectivity index (χ4v) is 0. The van der Waals surface area contributed by atoms with Gasteiger partial charge in [0, 0.05) is 0 Å². The minimum atomic E-state index is -4.64.